The van der Waals surface area contributed by atoms with Gasteiger partial charge in [-0.05, 0) is 30.5 Å². The fraction of sp³-hybridized carbons (Fsp3) is 0.714. The topological polar surface area (TPSA) is 0 Å². The van der Waals surface area contributed by atoms with Crippen molar-refractivity contribution in [2.45, 2.75) is 96.8 Å². The summed E-state index contributed by atoms with van der Waals surface area (Å²) in [7, 11) is 0. The zero-order chi connectivity index (χ0) is 15.9. The predicted molar refractivity (Wildman–Crippen MR) is 101 cm³/mol. The number of aryl methyl sites for hydroxylation is 1. The molecule has 0 unspecified atom stereocenters. The zero-order valence-corrected chi connectivity index (χ0v) is 15.3. The summed E-state index contributed by atoms with van der Waals surface area (Å²) in [5, 5.41) is 0.842. The molecule has 0 aliphatic carbocycles. The summed E-state index contributed by atoms with van der Waals surface area (Å²) in [6, 6.07) is 8.31. The first-order valence-electron chi connectivity index (χ1n) is 9.57. The van der Waals surface area contributed by atoms with E-state index in [0.717, 1.165) is 5.02 Å². The van der Waals surface area contributed by atoms with Crippen LogP contribution < -0.4 is 0 Å². The van der Waals surface area contributed by atoms with E-state index in [4.69, 9.17) is 11.6 Å². The van der Waals surface area contributed by atoms with Crippen LogP contribution in [0.2, 0.25) is 5.02 Å². The third-order valence-electron chi connectivity index (χ3n) is 4.48. The van der Waals surface area contributed by atoms with Gasteiger partial charge in [-0.15, -0.1) is 0 Å². The van der Waals surface area contributed by atoms with Crippen LogP contribution >= 0.6 is 11.6 Å². The van der Waals surface area contributed by atoms with Crippen molar-refractivity contribution >= 4 is 11.6 Å². The Morgan fingerprint density at radius 2 is 1.00 bits per heavy atom. The van der Waals surface area contributed by atoms with Crippen molar-refractivity contribution < 1.29 is 0 Å². The Labute approximate surface area is 143 Å². The van der Waals surface area contributed by atoms with Gasteiger partial charge in [0, 0.05) is 5.02 Å². The maximum atomic E-state index is 5.90. The number of hydrogen-bond acceptors (Lipinski definition) is 0. The second-order valence-electron chi connectivity index (χ2n) is 6.62. The van der Waals surface area contributed by atoms with E-state index in [0.29, 0.717) is 0 Å². The normalized spacial score (nSPS) is 11.0. The van der Waals surface area contributed by atoms with Gasteiger partial charge in [-0.2, -0.15) is 0 Å². The molecule has 1 rings (SSSR count). The molecule has 0 saturated carbocycles. The molecule has 0 aliphatic rings. The van der Waals surface area contributed by atoms with E-state index in [1.165, 1.54) is 95.5 Å². The van der Waals surface area contributed by atoms with Gasteiger partial charge in [0.1, 0.15) is 0 Å². The van der Waals surface area contributed by atoms with Gasteiger partial charge in [-0.25, -0.2) is 0 Å². The van der Waals surface area contributed by atoms with E-state index >= 15 is 0 Å². The highest BCUT2D eigenvalue weighted by Gasteiger charge is 1.96. The number of rotatable bonds is 14. The van der Waals surface area contributed by atoms with Gasteiger partial charge in [0.2, 0.25) is 0 Å². The van der Waals surface area contributed by atoms with Crippen molar-refractivity contribution in [3.05, 3.63) is 34.9 Å². The number of unbranched alkanes of at least 4 members (excludes halogenated alkanes) is 12. The summed E-state index contributed by atoms with van der Waals surface area (Å²) < 4.78 is 0. The largest absolute Gasteiger partial charge is 0.0843 e. The summed E-state index contributed by atoms with van der Waals surface area (Å²) in [6.45, 7) is 2.29. The summed E-state index contributed by atoms with van der Waals surface area (Å²) in [5.74, 6) is 0. The summed E-state index contributed by atoms with van der Waals surface area (Å²) in [5.41, 5.74) is 1.42. The van der Waals surface area contributed by atoms with Crippen molar-refractivity contribution in [3.63, 3.8) is 0 Å². The fourth-order valence-corrected chi connectivity index (χ4v) is 3.12. The van der Waals surface area contributed by atoms with Gasteiger partial charge >= 0.3 is 0 Å². The fourth-order valence-electron chi connectivity index (χ4n) is 3.00. The molecule has 0 aromatic heterocycles. The van der Waals surface area contributed by atoms with E-state index in [2.05, 4.69) is 19.1 Å². The summed E-state index contributed by atoms with van der Waals surface area (Å²) >= 11 is 5.90. The molecule has 0 nitrogen and oxygen atoms in total. The van der Waals surface area contributed by atoms with Crippen molar-refractivity contribution in [1.29, 1.82) is 0 Å². The minimum atomic E-state index is 0.842. The average molecular weight is 323 g/mol. The van der Waals surface area contributed by atoms with Crippen LogP contribution in [-0.4, -0.2) is 0 Å². The SMILES string of the molecule is CCCCCCCCCCCCCCCc1ccc(Cl)cc1. The number of hydrogen-bond donors (Lipinski definition) is 0. The second-order valence-corrected chi connectivity index (χ2v) is 7.06. The molecule has 0 amide bonds. The van der Waals surface area contributed by atoms with E-state index in [-0.39, 0.29) is 0 Å². The minimum absolute atomic E-state index is 0.842. The van der Waals surface area contributed by atoms with Crippen LogP contribution in [-0.2, 0) is 6.42 Å². The Hall–Kier alpha value is -0.490. The molecule has 1 aromatic rings. The molecule has 0 saturated heterocycles. The first-order chi connectivity index (χ1) is 10.8. The number of halogens is 1. The Kier molecular flexibility index (Phi) is 12.6. The maximum absolute atomic E-state index is 5.90. The van der Waals surface area contributed by atoms with Gasteiger partial charge in [-0.3, -0.25) is 0 Å². The minimum Gasteiger partial charge on any atom is -0.0843 e. The van der Waals surface area contributed by atoms with E-state index in [9.17, 15) is 0 Å². The molecule has 0 fully saturated rings. The highest BCUT2D eigenvalue weighted by Crippen LogP contribution is 2.15. The van der Waals surface area contributed by atoms with Gasteiger partial charge in [0.05, 0.1) is 0 Å². The molecule has 0 bridgehead atoms. The van der Waals surface area contributed by atoms with E-state index in [1.807, 2.05) is 12.1 Å². The first-order valence-corrected chi connectivity index (χ1v) is 9.95. The molecule has 0 heterocycles. The van der Waals surface area contributed by atoms with Gasteiger partial charge < -0.3 is 0 Å². The summed E-state index contributed by atoms with van der Waals surface area (Å²) in [6.07, 6.45) is 19.7. The van der Waals surface area contributed by atoms with Crippen LogP contribution in [0.15, 0.2) is 24.3 Å². The van der Waals surface area contributed by atoms with Gasteiger partial charge in [0.25, 0.3) is 0 Å². The highest BCUT2D eigenvalue weighted by atomic mass is 35.5. The third kappa shape index (κ3) is 11.1. The summed E-state index contributed by atoms with van der Waals surface area (Å²) in [4.78, 5) is 0. The molecule has 22 heavy (non-hydrogen) atoms. The van der Waals surface area contributed by atoms with Crippen molar-refractivity contribution in [2.75, 3.05) is 0 Å². The second kappa shape index (κ2) is 14.1. The van der Waals surface area contributed by atoms with Crippen LogP contribution in [0.1, 0.15) is 96.0 Å². The highest BCUT2D eigenvalue weighted by molar-refractivity contribution is 6.30. The average Bonchev–Trinajstić information content (AvgIpc) is 2.53. The molecule has 1 heteroatoms. The first kappa shape index (κ1) is 19.6. The van der Waals surface area contributed by atoms with E-state index < -0.39 is 0 Å². The lowest BCUT2D eigenvalue weighted by Crippen LogP contribution is -1.86. The Morgan fingerprint density at radius 3 is 1.45 bits per heavy atom. The van der Waals surface area contributed by atoms with Crippen molar-refractivity contribution in [2.24, 2.45) is 0 Å². The maximum Gasteiger partial charge on any atom is 0.0406 e. The monoisotopic (exact) mass is 322 g/mol. The lowest BCUT2D eigenvalue weighted by Gasteiger charge is -2.04. The van der Waals surface area contributed by atoms with Crippen LogP contribution in [0.3, 0.4) is 0 Å². The van der Waals surface area contributed by atoms with Crippen LogP contribution in [0.5, 0.6) is 0 Å². The molecule has 1 aromatic carbocycles. The molecule has 0 aliphatic heterocycles. The Balaban J connectivity index is 1.79. The molecule has 0 atom stereocenters. The van der Waals surface area contributed by atoms with Gasteiger partial charge in [0.15, 0.2) is 0 Å². The van der Waals surface area contributed by atoms with Gasteiger partial charge in [-0.1, -0.05) is 108 Å². The van der Waals surface area contributed by atoms with Crippen LogP contribution in [0.25, 0.3) is 0 Å². The van der Waals surface area contributed by atoms with Crippen molar-refractivity contribution in [1.82, 2.24) is 0 Å². The van der Waals surface area contributed by atoms with E-state index in [1.54, 1.807) is 0 Å². The van der Waals surface area contributed by atoms with Crippen molar-refractivity contribution in [3.8, 4) is 0 Å². The van der Waals surface area contributed by atoms with Crippen LogP contribution in [0.4, 0.5) is 0 Å². The predicted octanol–water partition coefficient (Wildman–Crippen LogP) is 7.97. The lowest BCUT2D eigenvalue weighted by molar-refractivity contribution is 0.539. The molecule has 126 valence electrons. The Morgan fingerprint density at radius 1 is 0.591 bits per heavy atom. The zero-order valence-electron chi connectivity index (χ0n) is 14.6. The molecular weight excluding hydrogens is 288 g/mol. The number of benzene rings is 1. The van der Waals surface area contributed by atoms with Crippen LogP contribution in [0, 0.1) is 0 Å². The molecular formula is C21H35Cl. The molecule has 0 N–H and O–H groups in total. The molecule has 0 spiro atoms. The molecule has 0 radical (unpaired) electrons. The third-order valence-corrected chi connectivity index (χ3v) is 4.73. The Bertz CT molecular complexity index is 341. The smallest absolute Gasteiger partial charge is 0.0406 e. The standard InChI is InChI=1S/C21H35Cl/c1-2-3-4-5-6-7-8-9-10-11-12-13-14-15-20-16-18-21(22)19-17-20/h16-19H,2-15H2,1H3. The lowest BCUT2D eigenvalue weighted by atomic mass is 10.0. The quantitative estimate of drug-likeness (QED) is 0.304.